The van der Waals surface area contributed by atoms with Gasteiger partial charge >= 0.3 is 5.97 Å². The van der Waals surface area contributed by atoms with Crippen LogP contribution in [0.15, 0.2) is 47.4 Å². The molecule has 0 N–H and O–H groups in total. The summed E-state index contributed by atoms with van der Waals surface area (Å²) in [6.45, 7) is 9.34. The van der Waals surface area contributed by atoms with Crippen LogP contribution in [0.5, 0.6) is 5.75 Å². The predicted molar refractivity (Wildman–Crippen MR) is 119 cm³/mol. The summed E-state index contributed by atoms with van der Waals surface area (Å²) in [6, 6.07) is 11.9. The molecule has 0 amide bonds. The molecule has 0 aliphatic carbocycles. The van der Waals surface area contributed by atoms with E-state index in [0.717, 1.165) is 36.8 Å². The van der Waals surface area contributed by atoms with Crippen molar-refractivity contribution >= 4 is 16.0 Å². The quantitative estimate of drug-likeness (QED) is 0.502. The molecule has 0 aromatic heterocycles. The van der Waals surface area contributed by atoms with E-state index in [0.29, 0.717) is 18.8 Å². The van der Waals surface area contributed by atoms with Gasteiger partial charge < -0.3 is 4.74 Å². The number of nitrogens with zero attached hydrogens (tertiary/aromatic N) is 1. The lowest BCUT2D eigenvalue weighted by Crippen LogP contribution is -2.32. The first kappa shape index (κ1) is 22.5. The average Bonchev–Trinajstić information content (AvgIpc) is 2.99. The topological polar surface area (TPSA) is 63.7 Å². The van der Waals surface area contributed by atoms with Gasteiger partial charge in [-0.25, -0.2) is 13.2 Å². The largest absolute Gasteiger partial charge is 0.423 e. The van der Waals surface area contributed by atoms with E-state index in [1.54, 1.807) is 24.3 Å². The molecule has 1 heterocycles. The molecule has 3 rings (SSSR count). The number of rotatable bonds is 4. The van der Waals surface area contributed by atoms with Crippen LogP contribution in [0.1, 0.15) is 67.9 Å². The Morgan fingerprint density at radius 3 is 2.23 bits per heavy atom. The molecule has 162 valence electrons. The van der Waals surface area contributed by atoms with E-state index >= 15 is 0 Å². The maximum absolute atomic E-state index is 13.0. The lowest BCUT2D eigenvalue weighted by Gasteiger charge is -2.21. The second-order valence-electron chi connectivity index (χ2n) is 8.97. The van der Waals surface area contributed by atoms with Gasteiger partial charge in [-0.1, -0.05) is 51.8 Å². The summed E-state index contributed by atoms with van der Waals surface area (Å²) in [4.78, 5) is 12.9. The molecule has 0 bridgehead atoms. The number of hydrogen-bond acceptors (Lipinski definition) is 4. The van der Waals surface area contributed by atoms with Gasteiger partial charge in [-0.2, -0.15) is 4.31 Å². The zero-order valence-electron chi connectivity index (χ0n) is 18.3. The number of hydrogen-bond donors (Lipinski definition) is 0. The second kappa shape index (κ2) is 8.90. The first-order valence-corrected chi connectivity index (χ1v) is 12.0. The van der Waals surface area contributed by atoms with E-state index in [-0.39, 0.29) is 15.9 Å². The van der Waals surface area contributed by atoms with E-state index in [1.807, 2.05) is 19.1 Å². The average molecular weight is 430 g/mol. The predicted octanol–water partition coefficient (Wildman–Crippen LogP) is 5.08. The van der Waals surface area contributed by atoms with Crippen LogP contribution in [0.3, 0.4) is 0 Å². The van der Waals surface area contributed by atoms with Gasteiger partial charge in [0, 0.05) is 13.1 Å². The molecule has 0 atom stereocenters. The summed E-state index contributed by atoms with van der Waals surface area (Å²) in [7, 11) is -3.62. The van der Waals surface area contributed by atoms with Crippen LogP contribution >= 0.6 is 0 Å². The summed E-state index contributed by atoms with van der Waals surface area (Å²) >= 11 is 0. The lowest BCUT2D eigenvalue weighted by molar-refractivity contribution is 0.0733. The van der Waals surface area contributed by atoms with Crippen molar-refractivity contribution in [1.29, 1.82) is 0 Å². The highest BCUT2D eigenvalue weighted by atomic mass is 32.2. The van der Waals surface area contributed by atoms with E-state index in [9.17, 15) is 13.2 Å². The second-order valence-corrected chi connectivity index (χ2v) is 10.9. The minimum Gasteiger partial charge on any atom is -0.423 e. The minimum atomic E-state index is -3.62. The van der Waals surface area contributed by atoms with Crippen molar-refractivity contribution < 1.29 is 17.9 Å². The smallest absolute Gasteiger partial charge is 0.343 e. The molecule has 0 unspecified atom stereocenters. The number of sulfonamides is 1. The summed E-state index contributed by atoms with van der Waals surface area (Å²) in [5.74, 6) is -0.0803. The fourth-order valence-corrected chi connectivity index (χ4v) is 5.17. The molecule has 1 fully saturated rings. The maximum Gasteiger partial charge on any atom is 0.343 e. The Balaban J connectivity index is 1.81. The summed E-state index contributed by atoms with van der Waals surface area (Å²) < 4.78 is 33.2. The normalized spacial score (nSPS) is 16.1. The standard InChI is InChI=1S/C24H31NO4S/c1-18-16-20(24(2,3)4)12-13-22(18)29-23(26)19-10-9-11-21(17-19)30(27,28)25-14-7-5-6-8-15-25/h9-13,16-17H,5-8,14-15H2,1-4H3. The highest BCUT2D eigenvalue weighted by Gasteiger charge is 2.26. The molecule has 1 saturated heterocycles. The number of benzene rings is 2. The Labute approximate surface area is 180 Å². The highest BCUT2D eigenvalue weighted by Crippen LogP contribution is 2.28. The molecule has 1 aliphatic heterocycles. The number of ether oxygens (including phenoxy) is 1. The monoisotopic (exact) mass is 429 g/mol. The van der Waals surface area contributed by atoms with Gasteiger partial charge in [0.15, 0.2) is 0 Å². The van der Waals surface area contributed by atoms with Crippen molar-refractivity contribution in [2.45, 2.75) is 63.7 Å². The number of esters is 1. The van der Waals surface area contributed by atoms with Crippen LogP contribution in [0.2, 0.25) is 0 Å². The third-order valence-corrected chi connectivity index (χ3v) is 7.41. The molecule has 2 aromatic rings. The first-order valence-electron chi connectivity index (χ1n) is 10.5. The molecule has 0 spiro atoms. The first-order chi connectivity index (χ1) is 14.1. The van der Waals surface area contributed by atoms with Crippen LogP contribution in [-0.4, -0.2) is 31.8 Å². The van der Waals surface area contributed by atoms with Crippen molar-refractivity contribution in [3.8, 4) is 5.75 Å². The Hall–Kier alpha value is -2.18. The van der Waals surface area contributed by atoms with Crippen LogP contribution < -0.4 is 4.74 Å². The molecular formula is C24H31NO4S. The van der Waals surface area contributed by atoms with Crippen molar-refractivity contribution in [2.24, 2.45) is 0 Å². The molecule has 2 aromatic carbocycles. The summed E-state index contributed by atoms with van der Waals surface area (Å²) in [5, 5.41) is 0. The number of aryl methyl sites for hydroxylation is 1. The zero-order chi connectivity index (χ0) is 21.9. The van der Waals surface area contributed by atoms with E-state index in [2.05, 4.69) is 20.8 Å². The van der Waals surface area contributed by atoms with Crippen LogP contribution in [0, 0.1) is 6.92 Å². The van der Waals surface area contributed by atoms with Crippen LogP contribution in [-0.2, 0) is 15.4 Å². The van der Waals surface area contributed by atoms with Crippen molar-refractivity contribution in [1.82, 2.24) is 4.31 Å². The van der Waals surface area contributed by atoms with Gasteiger partial charge in [-0.05, 0) is 60.6 Å². The summed E-state index contributed by atoms with van der Waals surface area (Å²) in [6.07, 6.45) is 3.83. The van der Waals surface area contributed by atoms with Gasteiger partial charge in [0.1, 0.15) is 5.75 Å². The van der Waals surface area contributed by atoms with E-state index in [4.69, 9.17) is 4.74 Å². The van der Waals surface area contributed by atoms with Crippen LogP contribution in [0.25, 0.3) is 0 Å². The molecule has 5 nitrogen and oxygen atoms in total. The van der Waals surface area contributed by atoms with Crippen molar-refractivity contribution in [3.05, 3.63) is 59.2 Å². The third-order valence-electron chi connectivity index (χ3n) is 5.52. The van der Waals surface area contributed by atoms with Gasteiger partial charge in [-0.15, -0.1) is 0 Å². The fraction of sp³-hybridized carbons (Fsp3) is 0.458. The minimum absolute atomic E-state index is 0.00330. The fourth-order valence-electron chi connectivity index (χ4n) is 3.60. The lowest BCUT2D eigenvalue weighted by atomic mass is 9.86. The van der Waals surface area contributed by atoms with E-state index in [1.165, 1.54) is 10.4 Å². The Morgan fingerprint density at radius 1 is 0.967 bits per heavy atom. The van der Waals surface area contributed by atoms with Gasteiger partial charge in [-0.3, -0.25) is 0 Å². The SMILES string of the molecule is Cc1cc(C(C)(C)C)ccc1OC(=O)c1cccc(S(=O)(=O)N2CCCCCC2)c1. The third kappa shape index (κ3) is 5.10. The van der Waals surface area contributed by atoms with Gasteiger partial charge in [0.05, 0.1) is 10.5 Å². The highest BCUT2D eigenvalue weighted by molar-refractivity contribution is 7.89. The molecule has 6 heteroatoms. The Bertz CT molecular complexity index is 1010. The Morgan fingerprint density at radius 2 is 1.63 bits per heavy atom. The van der Waals surface area contributed by atoms with Gasteiger partial charge in [0.25, 0.3) is 0 Å². The Kier molecular flexibility index (Phi) is 6.68. The maximum atomic E-state index is 13.0. The van der Waals surface area contributed by atoms with Crippen molar-refractivity contribution in [3.63, 3.8) is 0 Å². The van der Waals surface area contributed by atoms with Crippen molar-refractivity contribution in [2.75, 3.05) is 13.1 Å². The summed E-state index contributed by atoms with van der Waals surface area (Å²) in [5.41, 5.74) is 2.25. The number of carbonyl (C=O) groups is 1. The zero-order valence-corrected chi connectivity index (χ0v) is 19.1. The number of carbonyl (C=O) groups excluding carboxylic acids is 1. The van der Waals surface area contributed by atoms with Crippen LogP contribution in [0.4, 0.5) is 0 Å². The molecule has 1 aliphatic rings. The molecule has 0 radical (unpaired) electrons. The molecule has 30 heavy (non-hydrogen) atoms. The van der Waals surface area contributed by atoms with E-state index < -0.39 is 16.0 Å². The molecular weight excluding hydrogens is 398 g/mol. The molecule has 0 saturated carbocycles. The van der Waals surface area contributed by atoms with Gasteiger partial charge in [0.2, 0.25) is 10.0 Å².